The van der Waals surface area contributed by atoms with Crippen molar-refractivity contribution < 1.29 is 9.59 Å². The van der Waals surface area contributed by atoms with Gasteiger partial charge in [0.1, 0.15) is 6.07 Å². The van der Waals surface area contributed by atoms with Crippen LogP contribution in [0.1, 0.15) is 34.1 Å². The molecule has 3 heteroatoms. The monoisotopic (exact) mass is 293 g/mol. The van der Waals surface area contributed by atoms with E-state index < -0.39 is 10.8 Å². The van der Waals surface area contributed by atoms with Crippen molar-refractivity contribution in [2.24, 2.45) is 16.2 Å². The number of ketones is 2. The second-order valence-corrected chi connectivity index (χ2v) is 7.36. The molecular formula is C19H19NO2. The SMILES string of the molecule is CC1(C)C(=O)C(C#N)=C[C@@]2(C)C1=CC[C@@]1(C)C=CC(=O)C=C21. The number of carbonyl (C=O) groups is 2. The molecule has 3 rings (SSSR count). The van der Waals surface area contributed by atoms with E-state index in [-0.39, 0.29) is 22.6 Å². The summed E-state index contributed by atoms with van der Waals surface area (Å²) in [5.41, 5.74) is 0.655. The van der Waals surface area contributed by atoms with Crippen molar-refractivity contribution in [2.75, 3.05) is 0 Å². The summed E-state index contributed by atoms with van der Waals surface area (Å²) in [5.74, 6) is -0.169. The summed E-state index contributed by atoms with van der Waals surface area (Å²) >= 11 is 0. The molecule has 3 aliphatic carbocycles. The Morgan fingerprint density at radius 3 is 2.45 bits per heavy atom. The van der Waals surface area contributed by atoms with Gasteiger partial charge in [-0.15, -0.1) is 0 Å². The molecule has 3 aliphatic rings. The number of fused-ring (bicyclic) bond motifs is 3. The molecule has 2 atom stereocenters. The summed E-state index contributed by atoms with van der Waals surface area (Å²) in [6, 6.07) is 2.04. The Morgan fingerprint density at radius 1 is 1.14 bits per heavy atom. The molecule has 0 N–H and O–H groups in total. The zero-order chi connectivity index (χ0) is 16.3. The third-order valence-corrected chi connectivity index (χ3v) is 5.41. The zero-order valence-electron chi connectivity index (χ0n) is 13.4. The molecule has 0 saturated carbocycles. The highest BCUT2D eigenvalue weighted by Gasteiger charge is 2.54. The first-order chi connectivity index (χ1) is 10.1. The summed E-state index contributed by atoms with van der Waals surface area (Å²) in [6.45, 7) is 7.85. The number of nitrogens with zero attached hydrogens (tertiary/aromatic N) is 1. The summed E-state index contributed by atoms with van der Waals surface area (Å²) < 4.78 is 0. The molecule has 0 radical (unpaired) electrons. The average molecular weight is 293 g/mol. The van der Waals surface area contributed by atoms with Gasteiger partial charge in [-0.05, 0) is 56.6 Å². The predicted molar refractivity (Wildman–Crippen MR) is 83.6 cm³/mol. The Labute approximate surface area is 130 Å². The van der Waals surface area contributed by atoms with Crippen LogP contribution in [0.2, 0.25) is 0 Å². The molecule has 0 aromatic rings. The Kier molecular flexibility index (Phi) is 2.79. The Bertz CT molecular complexity index is 770. The van der Waals surface area contributed by atoms with Crippen LogP contribution in [0, 0.1) is 27.6 Å². The van der Waals surface area contributed by atoms with Gasteiger partial charge in [-0.2, -0.15) is 5.26 Å². The second kappa shape index (κ2) is 4.16. The molecule has 0 spiro atoms. The van der Waals surface area contributed by atoms with Gasteiger partial charge in [0, 0.05) is 10.8 Å². The fraction of sp³-hybridized carbons (Fsp3) is 0.421. The van der Waals surface area contributed by atoms with Crippen LogP contribution in [0.15, 0.2) is 47.1 Å². The highest BCUT2D eigenvalue weighted by Crippen LogP contribution is 2.60. The number of hydrogen-bond donors (Lipinski definition) is 0. The fourth-order valence-electron chi connectivity index (χ4n) is 4.26. The first-order valence-corrected chi connectivity index (χ1v) is 7.50. The molecule has 0 amide bonds. The van der Waals surface area contributed by atoms with E-state index in [9.17, 15) is 14.9 Å². The van der Waals surface area contributed by atoms with Gasteiger partial charge >= 0.3 is 0 Å². The van der Waals surface area contributed by atoms with Crippen molar-refractivity contribution in [1.82, 2.24) is 0 Å². The molecule has 0 heterocycles. The van der Waals surface area contributed by atoms with Gasteiger partial charge in [0.25, 0.3) is 0 Å². The minimum atomic E-state index is -0.721. The van der Waals surface area contributed by atoms with Crippen LogP contribution < -0.4 is 0 Å². The standard InChI is InChI=1S/C19H19NO2/c1-17(2)14-6-8-18(3)7-5-13(21)9-15(18)19(14,4)10-12(11-20)16(17)22/h5-7,9-10H,8H2,1-4H3/t18-,19+/m1/s1. The van der Waals surface area contributed by atoms with Crippen molar-refractivity contribution in [1.29, 1.82) is 5.26 Å². The quantitative estimate of drug-likeness (QED) is 0.643. The normalized spacial score (nSPS) is 35.7. The Hall–Kier alpha value is -2.21. The summed E-state index contributed by atoms with van der Waals surface area (Å²) in [5, 5.41) is 9.35. The van der Waals surface area contributed by atoms with Gasteiger partial charge in [-0.3, -0.25) is 9.59 Å². The van der Waals surface area contributed by atoms with Crippen LogP contribution >= 0.6 is 0 Å². The first kappa shape index (κ1) is 14.7. The van der Waals surface area contributed by atoms with Crippen molar-refractivity contribution >= 4 is 11.6 Å². The van der Waals surface area contributed by atoms with Crippen molar-refractivity contribution in [3.05, 3.63) is 47.1 Å². The summed E-state index contributed by atoms with van der Waals surface area (Å²) in [6.07, 6.45) is 9.89. The maximum atomic E-state index is 12.5. The third-order valence-electron chi connectivity index (χ3n) is 5.41. The lowest BCUT2D eigenvalue weighted by molar-refractivity contribution is -0.122. The third kappa shape index (κ3) is 1.67. The zero-order valence-corrected chi connectivity index (χ0v) is 13.4. The molecule has 0 aliphatic heterocycles. The van der Waals surface area contributed by atoms with E-state index in [1.54, 1.807) is 18.2 Å². The highest BCUT2D eigenvalue weighted by atomic mass is 16.1. The molecule has 3 nitrogen and oxygen atoms in total. The van der Waals surface area contributed by atoms with E-state index in [1.807, 2.05) is 32.9 Å². The van der Waals surface area contributed by atoms with Gasteiger partial charge in [0.05, 0.1) is 11.0 Å². The second-order valence-electron chi connectivity index (χ2n) is 7.36. The lowest BCUT2D eigenvalue weighted by atomic mass is 9.50. The molecular weight excluding hydrogens is 274 g/mol. The van der Waals surface area contributed by atoms with Gasteiger partial charge in [-0.1, -0.05) is 19.1 Å². The van der Waals surface area contributed by atoms with Crippen LogP contribution in [0.25, 0.3) is 0 Å². The minimum absolute atomic E-state index is 0.0310. The van der Waals surface area contributed by atoms with E-state index in [0.717, 1.165) is 17.6 Å². The molecule has 0 aromatic heterocycles. The molecule has 0 bridgehead atoms. The number of nitriles is 1. The molecule has 22 heavy (non-hydrogen) atoms. The van der Waals surface area contributed by atoms with Gasteiger partial charge in [-0.25, -0.2) is 0 Å². The van der Waals surface area contributed by atoms with Crippen LogP contribution in [0.5, 0.6) is 0 Å². The van der Waals surface area contributed by atoms with Crippen LogP contribution in [-0.2, 0) is 9.59 Å². The Balaban J connectivity index is 2.33. The van der Waals surface area contributed by atoms with Crippen molar-refractivity contribution in [2.45, 2.75) is 34.1 Å². The number of allylic oxidation sites excluding steroid dienone is 8. The van der Waals surface area contributed by atoms with Crippen molar-refractivity contribution in [3.63, 3.8) is 0 Å². The predicted octanol–water partition coefficient (Wildman–Crippen LogP) is 3.45. The highest BCUT2D eigenvalue weighted by molar-refractivity contribution is 6.07. The van der Waals surface area contributed by atoms with Crippen LogP contribution in [0.3, 0.4) is 0 Å². The largest absolute Gasteiger partial charge is 0.292 e. The average Bonchev–Trinajstić information content (AvgIpc) is 2.45. The number of rotatable bonds is 0. The van der Waals surface area contributed by atoms with E-state index in [0.29, 0.717) is 0 Å². The van der Waals surface area contributed by atoms with Crippen molar-refractivity contribution in [3.8, 4) is 6.07 Å². The van der Waals surface area contributed by atoms with E-state index >= 15 is 0 Å². The van der Waals surface area contributed by atoms with E-state index in [2.05, 4.69) is 13.0 Å². The first-order valence-electron chi connectivity index (χ1n) is 7.50. The Morgan fingerprint density at radius 2 is 1.82 bits per heavy atom. The van der Waals surface area contributed by atoms with E-state index in [4.69, 9.17) is 0 Å². The number of hydrogen-bond acceptors (Lipinski definition) is 3. The lowest BCUT2D eigenvalue weighted by Gasteiger charge is -2.52. The van der Waals surface area contributed by atoms with E-state index in [1.165, 1.54) is 0 Å². The summed E-state index contributed by atoms with van der Waals surface area (Å²) in [7, 11) is 0. The van der Waals surface area contributed by atoms with Gasteiger partial charge < -0.3 is 0 Å². The molecule has 0 saturated heterocycles. The molecule has 0 aromatic carbocycles. The number of Topliss-reactive ketones (excluding diaryl/α,β-unsaturated/α-hetero) is 1. The summed E-state index contributed by atoms with van der Waals surface area (Å²) in [4.78, 5) is 24.5. The van der Waals surface area contributed by atoms with Crippen LogP contribution in [0.4, 0.5) is 0 Å². The van der Waals surface area contributed by atoms with Crippen LogP contribution in [-0.4, -0.2) is 11.6 Å². The topological polar surface area (TPSA) is 57.9 Å². The fourth-order valence-corrected chi connectivity index (χ4v) is 4.26. The minimum Gasteiger partial charge on any atom is -0.292 e. The maximum Gasteiger partial charge on any atom is 0.182 e. The smallest absolute Gasteiger partial charge is 0.182 e. The molecule has 0 unspecified atom stereocenters. The number of carbonyl (C=O) groups excluding carboxylic acids is 2. The van der Waals surface area contributed by atoms with Gasteiger partial charge in [0.2, 0.25) is 0 Å². The molecule has 112 valence electrons. The van der Waals surface area contributed by atoms with Gasteiger partial charge in [0.15, 0.2) is 11.6 Å². The maximum absolute atomic E-state index is 12.5. The lowest BCUT2D eigenvalue weighted by Crippen LogP contribution is -2.46. The molecule has 0 fully saturated rings.